The lowest BCUT2D eigenvalue weighted by molar-refractivity contribution is -0.136. The van der Waals surface area contributed by atoms with Crippen molar-refractivity contribution in [2.75, 3.05) is 85.0 Å². The number of amides is 4. The van der Waals surface area contributed by atoms with Crippen molar-refractivity contribution in [2.45, 2.75) is 51.1 Å². The third-order valence-electron chi connectivity index (χ3n) is 12.9. The zero-order chi connectivity index (χ0) is 38.7. The minimum atomic E-state index is -0.963. The van der Waals surface area contributed by atoms with Crippen molar-refractivity contribution >= 4 is 63.9 Å². The Labute approximate surface area is 331 Å². The van der Waals surface area contributed by atoms with Gasteiger partial charge >= 0.3 is 0 Å². The van der Waals surface area contributed by atoms with E-state index in [0.29, 0.717) is 33.8 Å². The third-order valence-corrected chi connectivity index (χ3v) is 13.2. The summed E-state index contributed by atoms with van der Waals surface area (Å²) in [5.74, 6) is -0.670. The molecule has 3 aromatic rings. The molecule has 0 radical (unpaired) electrons. The van der Waals surface area contributed by atoms with Crippen LogP contribution in [0.1, 0.15) is 59.7 Å². The number of nitrogens with zero attached hydrogens (tertiary/aromatic N) is 9. The standard InChI is InChI=1S/C41H45ClN10O4/c1-26-19-41(25-51(26)29-4-6-34(43-2)33(42)18-29)9-11-48(12-10-41)30-20-44-40(45-21-30)49-15-13-47(14-16-49)22-27-23-50(24-27)28-3-5-31-32(17-28)39(56)52(38(31)55)35-7-8-36(53)46-37(35)54/h3-6,17-18,20-21,26-27,35H,7-16,19,22-25H2,1H3,(H,46,53,54)/t26-,35?/m0/s1. The molecule has 6 aliphatic rings. The van der Waals surface area contributed by atoms with Crippen LogP contribution in [0.5, 0.6) is 0 Å². The van der Waals surface area contributed by atoms with E-state index in [0.717, 1.165) is 113 Å². The minimum Gasteiger partial charge on any atom is -0.371 e. The van der Waals surface area contributed by atoms with E-state index >= 15 is 0 Å². The molecule has 5 saturated heterocycles. The van der Waals surface area contributed by atoms with E-state index in [4.69, 9.17) is 28.1 Å². The maximum atomic E-state index is 13.3. The van der Waals surface area contributed by atoms with Crippen molar-refractivity contribution in [1.29, 1.82) is 0 Å². The van der Waals surface area contributed by atoms with E-state index in [1.165, 1.54) is 0 Å². The number of piperazine rings is 1. The molecular formula is C41H45ClN10O4. The topological polar surface area (TPSA) is 130 Å². The number of fused-ring (bicyclic) bond motifs is 1. The SMILES string of the molecule is [C-]#[N+]c1ccc(N2CC3(CCN(c4cnc(N5CCN(CC6CN(c7ccc8c(c7)C(=O)N(C7CCC(=O)NC7=O)C8=O)C6)CC5)nc4)CC3)C[C@@H]2C)cc1Cl. The zero-order valence-corrected chi connectivity index (χ0v) is 32.2. The number of hydrogen-bond donors (Lipinski definition) is 1. The Balaban J connectivity index is 0.725. The number of halogens is 1. The molecule has 0 saturated carbocycles. The zero-order valence-electron chi connectivity index (χ0n) is 31.5. The van der Waals surface area contributed by atoms with Gasteiger partial charge < -0.3 is 19.6 Å². The van der Waals surface area contributed by atoms with Crippen molar-refractivity contribution in [3.63, 3.8) is 0 Å². The van der Waals surface area contributed by atoms with E-state index < -0.39 is 23.8 Å². The second kappa shape index (κ2) is 14.4. The van der Waals surface area contributed by atoms with Gasteiger partial charge in [-0.2, -0.15) is 0 Å². The lowest BCUT2D eigenvalue weighted by Gasteiger charge is -2.45. The Morgan fingerprint density at radius 3 is 2.27 bits per heavy atom. The number of imide groups is 2. The normalized spacial score (nSPS) is 24.1. The Hall–Kier alpha value is -5.26. The summed E-state index contributed by atoms with van der Waals surface area (Å²) in [7, 11) is 0. The molecule has 15 heteroatoms. The average Bonchev–Trinajstić information content (AvgIpc) is 3.64. The number of piperidine rings is 2. The van der Waals surface area contributed by atoms with Gasteiger partial charge in [0.1, 0.15) is 6.04 Å². The van der Waals surface area contributed by atoms with Gasteiger partial charge in [0.25, 0.3) is 11.8 Å². The van der Waals surface area contributed by atoms with E-state index in [2.05, 4.69) is 41.6 Å². The quantitative estimate of drug-likeness (QED) is 0.274. The molecule has 56 heavy (non-hydrogen) atoms. The molecule has 6 aliphatic heterocycles. The van der Waals surface area contributed by atoms with Crippen LogP contribution in [0, 0.1) is 17.9 Å². The summed E-state index contributed by atoms with van der Waals surface area (Å²) in [6, 6.07) is 10.6. The Bertz CT molecular complexity index is 2120. The molecule has 1 unspecified atom stereocenters. The first-order chi connectivity index (χ1) is 27.1. The van der Waals surface area contributed by atoms with E-state index in [-0.39, 0.29) is 24.2 Å². The number of carbonyl (C=O) groups excluding carboxylic acids is 4. The smallest absolute Gasteiger partial charge is 0.262 e. The van der Waals surface area contributed by atoms with Gasteiger partial charge in [-0.1, -0.05) is 17.7 Å². The number of rotatable bonds is 7. The van der Waals surface area contributed by atoms with Crippen LogP contribution in [-0.2, 0) is 9.59 Å². The third kappa shape index (κ3) is 6.60. The fraction of sp³-hybridized carbons (Fsp3) is 0.488. The molecule has 7 heterocycles. The molecule has 14 nitrogen and oxygen atoms in total. The molecule has 9 rings (SSSR count). The number of benzene rings is 2. The molecule has 1 N–H and O–H groups in total. The molecule has 0 bridgehead atoms. The van der Waals surface area contributed by atoms with Crippen LogP contribution in [-0.4, -0.2) is 121 Å². The highest BCUT2D eigenvalue weighted by Gasteiger charge is 2.46. The van der Waals surface area contributed by atoms with Gasteiger partial charge in [-0.15, -0.1) is 0 Å². The van der Waals surface area contributed by atoms with Crippen molar-refractivity contribution in [3.05, 3.63) is 76.4 Å². The number of hydrogen-bond acceptors (Lipinski definition) is 11. The first kappa shape index (κ1) is 36.4. The summed E-state index contributed by atoms with van der Waals surface area (Å²) in [6.45, 7) is 18.9. The number of anilines is 4. The molecular weight excluding hydrogens is 732 g/mol. The molecule has 2 atom stereocenters. The summed E-state index contributed by atoms with van der Waals surface area (Å²) in [4.78, 5) is 76.4. The van der Waals surface area contributed by atoms with Gasteiger partial charge in [-0.25, -0.2) is 14.8 Å². The van der Waals surface area contributed by atoms with Crippen LogP contribution in [0.3, 0.4) is 0 Å². The lowest BCUT2D eigenvalue weighted by atomic mass is 9.76. The van der Waals surface area contributed by atoms with Crippen LogP contribution in [0.2, 0.25) is 5.02 Å². The highest BCUT2D eigenvalue weighted by molar-refractivity contribution is 6.33. The van der Waals surface area contributed by atoms with Gasteiger partial charge in [-0.3, -0.25) is 34.3 Å². The fourth-order valence-electron chi connectivity index (χ4n) is 9.72. The summed E-state index contributed by atoms with van der Waals surface area (Å²) in [5, 5.41) is 2.76. The van der Waals surface area contributed by atoms with E-state index in [1.807, 2.05) is 36.7 Å². The first-order valence-corrected chi connectivity index (χ1v) is 20.0. The van der Waals surface area contributed by atoms with Crippen LogP contribution >= 0.6 is 11.6 Å². The molecule has 1 aromatic heterocycles. The predicted octanol–water partition coefficient (Wildman–Crippen LogP) is 4.23. The fourth-order valence-corrected chi connectivity index (χ4v) is 9.94. The maximum Gasteiger partial charge on any atom is 0.262 e. The lowest BCUT2D eigenvalue weighted by Crippen LogP contribution is -2.55. The first-order valence-electron chi connectivity index (χ1n) is 19.7. The number of aromatic nitrogens is 2. The van der Waals surface area contributed by atoms with Crippen LogP contribution < -0.4 is 24.9 Å². The molecule has 1 spiro atoms. The van der Waals surface area contributed by atoms with Crippen LogP contribution in [0.25, 0.3) is 4.85 Å². The summed E-state index contributed by atoms with van der Waals surface area (Å²) in [6.07, 6.45) is 7.59. The summed E-state index contributed by atoms with van der Waals surface area (Å²) < 4.78 is 0. The highest BCUT2D eigenvalue weighted by atomic mass is 35.5. The van der Waals surface area contributed by atoms with E-state index in [9.17, 15) is 19.2 Å². The van der Waals surface area contributed by atoms with Gasteiger partial charge in [0, 0.05) is 100 Å². The van der Waals surface area contributed by atoms with E-state index in [1.54, 1.807) is 12.1 Å². The van der Waals surface area contributed by atoms with Gasteiger partial charge in [0.2, 0.25) is 23.5 Å². The van der Waals surface area contributed by atoms with Crippen LogP contribution in [0.15, 0.2) is 48.8 Å². The highest BCUT2D eigenvalue weighted by Crippen LogP contribution is 2.46. The molecule has 4 amide bonds. The Morgan fingerprint density at radius 1 is 0.857 bits per heavy atom. The van der Waals surface area contributed by atoms with Gasteiger partial charge in [-0.05, 0) is 68.4 Å². The van der Waals surface area contributed by atoms with Crippen LogP contribution in [0.4, 0.5) is 28.7 Å². The maximum absolute atomic E-state index is 13.3. The minimum absolute atomic E-state index is 0.0990. The average molecular weight is 777 g/mol. The van der Waals surface area contributed by atoms with Crippen molar-refractivity contribution < 1.29 is 19.2 Å². The number of carbonyl (C=O) groups is 4. The van der Waals surface area contributed by atoms with Gasteiger partial charge in [0.15, 0.2) is 0 Å². The van der Waals surface area contributed by atoms with Crippen molar-refractivity contribution in [3.8, 4) is 0 Å². The van der Waals surface area contributed by atoms with Crippen molar-refractivity contribution in [1.82, 2.24) is 25.1 Å². The largest absolute Gasteiger partial charge is 0.371 e. The second-order valence-electron chi connectivity index (χ2n) is 16.4. The monoisotopic (exact) mass is 776 g/mol. The summed E-state index contributed by atoms with van der Waals surface area (Å²) in [5.41, 5.74) is 4.46. The van der Waals surface area contributed by atoms with Gasteiger partial charge in [0.05, 0.1) is 35.8 Å². The molecule has 5 fully saturated rings. The molecule has 0 aliphatic carbocycles. The molecule has 290 valence electrons. The number of nitrogens with one attached hydrogen (secondary N) is 1. The summed E-state index contributed by atoms with van der Waals surface area (Å²) >= 11 is 6.38. The Morgan fingerprint density at radius 2 is 1.57 bits per heavy atom. The predicted molar refractivity (Wildman–Crippen MR) is 213 cm³/mol. The molecule has 2 aromatic carbocycles. The Kier molecular flexibility index (Phi) is 9.32. The second-order valence-corrected chi connectivity index (χ2v) is 16.8. The van der Waals surface area contributed by atoms with Crippen molar-refractivity contribution in [2.24, 2.45) is 11.3 Å².